The van der Waals surface area contributed by atoms with Crippen LogP contribution in [0.4, 0.5) is 0 Å². The summed E-state index contributed by atoms with van der Waals surface area (Å²) in [5.41, 5.74) is 0. The molecule has 0 radical (unpaired) electrons. The first-order valence-electron chi connectivity index (χ1n) is 10.4. The Bertz CT molecular complexity index is 815. The molecule has 1 N–H and O–H groups in total. The lowest BCUT2D eigenvalue weighted by molar-refractivity contribution is -0.127. The number of benzene rings is 1. The Morgan fingerprint density at radius 2 is 2.10 bits per heavy atom. The average molecular weight is 557 g/mol. The number of piperidine rings is 1. The molecule has 1 aliphatic rings. The van der Waals surface area contributed by atoms with Crippen molar-refractivity contribution >= 4 is 47.6 Å². The van der Waals surface area contributed by atoms with Crippen molar-refractivity contribution in [1.82, 2.24) is 24.7 Å². The number of hydrogen-bond acceptors (Lipinski definition) is 4. The van der Waals surface area contributed by atoms with Gasteiger partial charge in [-0.3, -0.25) is 4.79 Å². The minimum Gasteiger partial charge on any atom is -0.355 e. The summed E-state index contributed by atoms with van der Waals surface area (Å²) in [5.74, 6) is 2.31. The van der Waals surface area contributed by atoms with E-state index in [1.54, 1.807) is 19.0 Å². The molecule has 2 unspecified atom stereocenters. The Labute approximate surface area is 206 Å². The molecule has 2 heterocycles. The van der Waals surface area contributed by atoms with Crippen molar-refractivity contribution in [3.8, 4) is 0 Å². The number of thioether (sulfide) groups is 1. The van der Waals surface area contributed by atoms with Gasteiger partial charge in [0.25, 0.3) is 0 Å². The number of hydrogen-bond donors (Lipinski definition) is 1. The highest BCUT2D eigenvalue weighted by Gasteiger charge is 2.29. The number of carbonyl (C=O) groups excluding carboxylic acids is 1. The quantitative estimate of drug-likeness (QED) is 0.187. The van der Waals surface area contributed by atoms with Gasteiger partial charge in [-0.05, 0) is 24.5 Å². The molecule has 3 rings (SSSR count). The van der Waals surface area contributed by atoms with E-state index in [0.717, 1.165) is 37.8 Å². The van der Waals surface area contributed by atoms with Crippen molar-refractivity contribution in [3.63, 3.8) is 0 Å². The molecule has 1 aromatic heterocycles. The second kappa shape index (κ2) is 12.9. The summed E-state index contributed by atoms with van der Waals surface area (Å²) in [5, 5.41) is 3.49. The number of nitrogens with zero attached hydrogens (tertiary/aromatic N) is 5. The van der Waals surface area contributed by atoms with Gasteiger partial charge in [0.05, 0.1) is 12.4 Å². The monoisotopic (exact) mass is 556 g/mol. The van der Waals surface area contributed by atoms with E-state index in [-0.39, 0.29) is 36.4 Å². The first-order chi connectivity index (χ1) is 14.5. The normalized spacial score (nSPS) is 18.9. The fraction of sp³-hybridized carbons (Fsp3) is 0.500. The Morgan fingerprint density at radius 3 is 2.77 bits per heavy atom. The van der Waals surface area contributed by atoms with E-state index in [0.29, 0.717) is 12.0 Å². The highest BCUT2D eigenvalue weighted by Crippen LogP contribution is 2.27. The van der Waals surface area contributed by atoms with Crippen LogP contribution in [0.3, 0.4) is 0 Å². The number of carbonyl (C=O) groups is 1. The second-order valence-electron chi connectivity index (χ2n) is 7.81. The van der Waals surface area contributed by atoms with Gasteiger partial charge in [0, 0.05) is 56.8 Å². The zero-order chi connectivity index (χ0) is 21.3. The zero-order valence-electron chi connectivity index (χ0n) is 18.5. The molecule has 1 fully saturated rings. The lowest BCUT2D eigenvalue weighted by Gasteiger charge is -2.39. The number of guanidine groups is 1. The molecule has 9 heteroatoms. The van der Waals surface area contributed by atoms with E-state index in [4.69, 9.17) is 0 Å². The lowest BCUT2D eigenvalue weighted by Crippen LogP contribution is -2.49. The predicted octanol–water partition coefficient (Wildman–Crippen LogP) is 3.21. The summed E-state index contributed by atoms with van der Waals surface area (Å²) >= 11 is 1.81. The maximum atomic E-state index is 12.1. The van der Waals surface area contributed by atoms with E-state index < -0.39 is 0 Å². The van der Waals surface area contributed by atoms with Crippen molar-refractivity contribution in [2.75, 3.05) is 46.0 Å². The van der Waals surface area contributed by atoms with Gasteiger partial charge in [0.15, 0.2) is 5.96 Å². The standard InChI is InChI=1S/C22H32N6OS.HI/c1-18-9-12-27(16-20(18)28-13-10-23-17-28)22(25-15-21(29)26(2)3)24-11-14-30-19-7-5-4-6-8-19;/h4-8,10,13,17-18,20H,9,11-12,14-16H2,1-3H3,(H,24,25);1H. The largest absolute Gasteiger partial charge is 0.355 e. The van der Waals surface area contributed by atoms with Gasteiger partial charge in [-0.15, -0.1) is 35.7 Å². The smallest absolute Gasteiger partial charge is 0.243 e. The molecule has 1 aromatic carbocycles. The molecule has 170 valence electrons. The molecular weight excluding hydrogens is 523 g/mol. The number of likely N-dealkylation sites (N-methyl/N-ethyl adjacent to an activating group) is 1. The maximum Gasteiger partial charge on any atom is 0.243 e. The van der Waals surface area contributed by atoms with Crippen LogP contribution in [-0.4, -0.2) is 77.2 Å². The summed E-state index contributed by atoms with van der Waals surface area (Å²) < 4.78 is 2.19. The third kappa shape index (κ3) is 7.71. The van der Waals surface area contributed by atoms with Gasteiger partial charge in [-0.1, -0.05) is 25.1 Å². The van der Waals surface area contributed by atoms with Crippen LogP contribution in [0.2, 0.25) is 0 Å². The number of rotatable bonds is 7. The Hall–Kier alpha value is -1.75. The van der Waals surface area contributed by atoms with Gasteiger partial charge < -0.3 is 19.7 Å². The van der Waals surface area contributed by atoms with Crippen LogP contribution in [0, 0.1) is 5.92 Å². The van der Waals surface area contributed by atoms with E-state index in [2.05, 4.69) is 55.9 Å². The molecule has 1 amide bonds. The average Bonchev–Trinajstić information content (AvgIpc) is 3.29. The number of imidazole rings is 1. The molecule has 2 atom stereocenters. The number of amides is 1. The topological polar surface area (TPSA) is 65.8 Å². The first-order valence-corrected chi connectivity index (χ1v) is 11.4. The number of nitrogens with one attached hydrogen (secondary N) is 1. The second-order valence-corrected chi connectivity index (χ2v) is 8.97. The molecule has 2 aromatic rings. The van der Waals surface area contributed by atoms with E-state index in [1.165, 1.54) is 4.90 Å². The first kappa shape index (κ1) is 25.5. The van der Waals surface area contributed by atoms with Gasteiger partial charge >= 0.3 is 0 Å². The molecule has 7 nitrogen and oxygen atoms in total. The van der Waals surface area contributed by atoms with Crippen molar-refractivity contribution in [3.05, 3.63) is 49.1 Å². The molecular formula is C22H33IN6OS. The highest BCUT2D eigenvalue weighted by molar-refractivity contribution is 14.0. The number of aromatic nitrogens is 2. The van der Waals surface area contributed by atoms with Crippen LogP contribution >= 0.6 is 35.7 Å². The molecule has 0 spiro atoms. The molecule has 0 bridgehead atoms. The third-order valence-corrected chi connectivity index (χ3v) is 6.40. The fourth-order valence-corrected chi connectivity index (χ4v) is 4.28. The minimum atomic E-state index is 0. The van der Waals surface area contributed by atoms with Gasteiger partial charge in [-0.25, -0.2) is 9.98 Å². The number of likely N-dealkylation sites (tertiary alicyclic amines) is 1. The summed E-state index contributed by atoms with van der Waals surface area (Å²) in [4.78, 5) is 26.1. The van der Waals surface area contributed by atoms with Crippen LogP contribution < -0.4 is 5.32 Å². The highest BCUT2D eigenvalue weighted by atomic mass is 127. The summed E-state index contributed by atoms with van der Waals surface area (Å²) in [7, 11) is 3.53. The van der Waals surface area contributed by atoms with Gasteiger partial charge in [0.1, 0.15) is 6.54 Å². The van der Waals surface area contributed by atoms with Crippen LogP contribution in [0.1, 0.15) is 19.4 Å². The van der Waals surface area contributed by atoms with Crippen LogP contribution in [0.15, 0.2) is 58.9 Å². The summed E-state index contributed by atoms with van der Waals surface area (Å²) in [6.07, 6.45) is 6.82. The Morgan fingerprint density at radius 1 is 1.32 bits per heavy atom. The van der Waals surface area contributed by atoms with Crippen LogP contribution in [-0.2, 0) is 4.79 Å². The maximum absolute atomic E-state index is 12.1. The molecule has 31 heavy (non-hydrogen) atoms. The zero-order valence-corrected chi connectivity index (χ0v) is 21.6. The number of aliphatic imine (C=N–C) groups is 1. The predicted molar refractivity (Wildman–Crippen MR) is 138 cm³/mol. The Balaban J connectivity index is 0.00000341. The molecule has 0 aliphatic carbocycles. The van der Waals surface area contributed by atoms with Crippen molar-refractivity contribution in [1.29, 1.82) is 0 Å². The van der Waals surface area contributed by atoms with Gasteiger partial charge in [-0.2, -0.15) is 0 Å². The summed E-state index contributed by atoms with van der Waals surface area (Å²) in [6.45, 7) is 5.02. The number of halogens is 1. The van der Waals surface area contributed by atoms with Crippen molar-refractivity contribution in [2.45, 2.75) is 24.3 Å². The van der Waals surface area contributed by atoms with Crippen LogP contribution in [0.5, 0.6) is 0 Å². The minimum absolute atomic E-state index is 0. The molecule has 0 saturated carbocycles. The lowest BCUT2D eigenvalue weighted by atomic mass is 9.93. The Kier molecular flexibility index (Phi) is 10.7. The molecule has 1 saturated heterocycles. The van der Waals surface area contributed by atoms with Crippen LogP contribution in [0.25, 0.3) is 0 Å². The summed E-state index contributed by atoms with van der Waals surface area (Å²) in [6, 6.07) is 10.7. The van der Waals surface area contributed by atoms with E-state index in [1.807, 2.05) is 36.5 Å². The van der Waals surface area contributed by atoms with Gasteiger partial charge in [0.2, 0.25) is 5.91 Å². The molecule has 1 aliphatic heterocycles. The van der Waals surface area contributed by atoms with E-state index >= 15 is 0 Å². The van der Waals surface area contributed by atoms with Crippen molar-refractivity contribution in [2.24, 2.45) is 10.9 Å². The fourth-order valence-electron chi connectivity index (χ4n) is 3.50. The van der Waals surface area contributed by atoms with E-state index in [9.17, 15) is 4.79 Å². The SMILES string of the molecule is CC1CCN(C(=NCC(=O)N(C)C)NCCSc2ccccc2)CC1n1ccnc1.I. The third-order valence-electron chi connectivity index (χ3n) is 5.39. The van der Waals surface area contributed by atoms with Crippen molar-refractivity contribution < 1.29 is 4.79 Å².